The number of hydrogen-bond acceptors (Lipinski definition) is 5. The van der Waals surface area contributed by atoms with Gasteiger partial charge in [0.25, 0.3) is 0 Å². The van der Waals surface area contributed by atoms with E-state index in [9.17, 15) is 14.4 Å². The van der Waals surface area contributed by atoms with Gasteiger partial charge in [-0.05, 0) is 47.9 Å². The van der Waals surface area contributed by atoms with Gasteiger partial charge in [-0.2, -0.15) is 0 Å². The Balaban J connectivity index is 1.19. The van der Waals surface area contributed by atoms with E-state index in [0.717, 1.165) is 0 Å². The summed E-state index contributed by atoms with van der Waals surface area (Å²) >= 11 is 0. The zero-order chi connectivity index (χ0) is 23.9. The molecule has 0 atom stereocenters. The first kappa shape index (κ1) is 23.8. The molecule has 0 unspecified atom stereocenters. The summed E-state index contributed by atoms with van der Waals surface area (Å²) in [5.74, 6) is -1.18. The molecule has 3 N–H and O–H groups in total. The number of ether oxygens (including phenoxy) is 2. The molecule has 180 valence electrons. The van der Waals surface area contributed by atoms with E-state index in [4.69, 9.17) is 14.6 Å². The molecular weight excluding hydrogens is 436 g/mol. The van der Waals surface area contributed by atoms with Crippen LogP contribution in [0.2, 0.25) is 0 Å². The van der Waals surface area contributed by atoms with Gasteiger partial charge in [-0.25, -0.2) is 9.59 Å². The van der Waals surface area contributed by atoms with Crippen LogP contribution in [-0.4, -0.2) is 55.5 Å². The summed E-state index contributed by atoms with van der Waals surface area (Å²) in [4.78, 5) is 35.2. The number of carbonyl (C=O) groups excluding carboxylic acids is 2. The molecule has 2 aromatic carbocycles. The quantitative estimate of drug-likeness (QED) is 0.489. The molecule has 1 saturated carbocycles. The van der Waals surface area contributed by atoms with E-state index >= 15 is 0 Å². The number of carboxylic acid groups (broad SMARTS) is 1. The third-order valence-electron chi connectivity index (χ3n) is 6.53. The highest BCUT2D eigenvalue weighted by Crippen LogP contribution is 2.44. The molecule has 0 bridgehead atoms. The fraction of sp³-hybridized carbons (Fsp3) is 0.423. The molecule has 2 aromatic rings. The lowest BCUT2D eigenvalue weighted by Gasteiger charge is -2.28. The molecular formula is C26H30N2O6. The van der Waals surface area contributed by atoms with E-state index in [0.29, 0.717) is 25.7 Å². The highest BCUT2D eigenvalue weighted by Gasteiger charge is 2.30. The minimum absolute atomic E-state index is 0.0152. The second kappa shape index (κ2) is 11.2. The third kappa shape index (κ3) is 5.75. The number of benzene rings is 2. The summed E-state index contributed by atoms with van der Waals surface area (Å²) in [7, 11) is 0. The number of amides is 2. The van der Waals surface area contributed by atoms with Crippen molar-refractivity contribution in [1.82, 2.24) is 10.6 Å². The van der Waals surface area contributed by atoms with Crippen LogP contribution >= 0.6 is 0 Å². The van der Waals surface area contributed by atoms with Crippen LogP contribution in [0.4, 0.5) is 4.79 Å². The fourth-order valence-corrected chi connectivity index (χ4v) is 4.86. The van der Waals surface area contributed by atoms with Crippen LogP contribution in [0.5, 0.6) is 0 Å². The van der Waals surface area contributed by atoms with Gasteiger partial charge < -0.3 is 25.2 Å². The van der Waals surface area contributed by atoms with E-state index in [2.05, 4.69) is 34.9 Å². The SMILES string of the molecule is O=C(O)COCCNC(=O)C1CCC(NC(=O)OCC2c3ccccc3-c3ccccc32)CC1. The van der Waals surface area contributed by atoms with Gasteiger partial charge in [0.1, 0.15) is 13.2 Å². The molecule has 0 saturated heterocycles. The highest BCUT2D eigenvalue weighted by molar-refractivity contribution is 5.79. The Morgan fingerprint density at radius 3 is 2.15 bits per heavy atom. The monoisotopic (exact) mass is 466 g/mol. The van der Waals surface area contributed by atoms with Crippen LogP contribution in [0, 0.1) is 5.92 Å². The van der Waals surface area contributed by atoms with E-state index in [1.165, 1.54) is 22.3 Å². The molecule has 1 fully saturated rings. The number of alkyl carbamates (subject to hydrolysis) is 1. The highest BCUT2D eigenvalue weighted by atomic mass is 16.5. The number of carboxylic acids is 1. The van der Waals surface area contributed by atoms with Gasteiger partial charge in [0.05, 0.1) is 6.61 Å². The van der Waals surface area contributed by atoms with Crippen molar-refractivity contribution in [2.24, 2.45) is 5.92 Å². The molecule has 0 aromatic heterocycles. The number of carbonyl (C=O) groups is 3. The summed E-state index contributed by atoms with van der Waals surface area (Å²) in [6.07, 6.45) is 2.34. The third-order valence-corrected chi connectivity index (χ3v) is 6.53. The zero-order valence-corrected chi connectivity index (χ0v) is 19.0. The van der Waals surface area contributed by atoms with Crippen LogP contribution in [0.15, 0.2) is 48.5 Å². The Kier molecular flexibility index (Phi) is 7.80. The lowest BCUT2D eigenvalue weighted by atomic mass is 9.85. The predicted octanol–water partition coefficient (Wildman–Crippen LogP) is 3.30. The van der Waals surface area contributed by atoms with Crippen molar-refractivity contribution in [2.75, 3.05) is 26.4 Å². The molecule has 2 amide bonds. The molecule has 34 heavy (non-hydrogen) atoms. The Labute approximate surface area is 198 Å². The molecule has 2 aliphatic carbocycles. The minimum atomic E-state index is -1.03. The summed E-state index contributed by atoms with van der Waals surface area (Å²) in [5.41, 5.74) is 4.74. The maximum absolute atomic E-state index is 12.5. The smallest absolute Gasteiger partial charge is 0.407 e. The van der Waals surface area contributed by atoms with Crippen molar-refractivity contribution >= 4 is 18.0 Å². The van der Waals surface area contributed by atoms with Crippen molar-refractivity contribution < 1.29 is 29.0 Å². The Hall–Kier alpha value is -3.39. The average molecular weight is 467 g/mol. The van der Waals surface area contributed by atoms with Gasteiger partial charge in [0, 0.05) is 24.4 Å². The first-order chi connectivity index (χ1) is 16.5. The number of hydrogen-bond donors (Lipinski definition) is 3. The summed E-state index contributed by atoms with van der Waals surface area (Å²) < 4.78 is 10.5. The van der Waals surface area contributed by atoms with E-state index < -0.39 is 12.1 Å². The van der Waals surface area contributed by atoms with Crippen LogP contribution in [-0.2, 0) is 19.1 Å². The summed E-state index contributed by atoms with van der Waals surface area (Å²) in [5, 5.41) is 14.3. The van der Waals surface area contributed by atoms with Crippen molar-refractivity contribution in [2.45, 2.75) is 37.6 Å². The molecule has 0 spiro atoms. The largest absolute Gasteiger partial charge is 0.480 e. The predicted molar refractivity (Wildman–Crippen MR) is 125 cm³/mol. The van der Waals surface area contributed by atoms with Crippen LogP contribution in [0.3, 0.4) is 0 Å². The lowest BCUT2D eigenvalue weighted by Crippen LogP contribution is -2.41. The summed E-state index contributed by atoms with van der Waals surface area (Å²) in [6.45, 7) is 0.352. The topological polar surface area (TPSA) is 114 Å². The average Bonchev–Trinajstić information content (AvgIpc) is 3.16. The van der Waals surface area contributed by atoms with Gasteiger partial charge in [0.2, 0.25) is 5.91 Å². The van der Waals surface area contributed by atoms with Gasteiger partial charge in [0.15, 0.2) is 0 Å². The lowest BCUT2D eigenvalue weighted by molar-refractivity contribution is -0.142. The Morgan fingerprint density at radius 1 is 0.912 bits per heavy atom. The van der Waals surface area contributed by atoms with Crippen molar-refractivity contribution in [3.8, 4) is 11.1 Å². The van der Waals surface area contributed by atoms with Gasteiger partial charge in [-0.3, -0.25) is 4.79 Å². The second-order valence-electron chi connectivity index (χ2n) is 8.76. The summed E-state index contributed by atoms with van der Waals surface area (Å²) in [6, 6.07) is 16.4. The van der Waals surface area contributed by atoms with E-state index in [1.54, 1.807) is 0 Å². The van der Waals surface area contributed by atoms with Gasteiger partial charge in [-0.1, -0.05) is 48.5 Å². The maximum atomic E-state index is 12.5. The van der Waals surface area contributed by atoms with Crippen LogP contribution < -0.4 is 10.6 Å². The molecule has 4 rings (SSSR count). The Morgan fingerprint density at radius 2 is 1.53 bits per heavy atom. The normalized spacial score (nSPS) is 19.1. The standard InChI is InChI=1S/C26H30N2O6/c29-24(30)16-33-14-13-27-25(31)17-9-11-18(12-10-17)28-26(32)34-15-23-21-7-3-1-5-19(21)20-6-2-4-8-22(20)23/h1-8,17-18,23H,9-16H2,(H,27,31)(H,28,32)(H,29,30). The van der Waals surface area contributed by atoms with E-state index in [1.807, 2.05) is 24.3 Å². The number of rotatable bonds is 9. The number of fused-ring (bicyclic) bond motifs is 3. The van der Waals surface area contributed by atoms with Crippen LogP contribution in [0.25, 0.3) is 11.1 Å². The molecule has 2 aliphatic rings. The Bertz CT molecular complexity index is 986. The minimum Gasteiger partial charge on any atom is -0.480 e. The van der Waals surface area contributed by atoms with Gasteiger partial charge >= 0.3 is 12.1 Å². The molecule has 0 heterocycles. The van der Waals surface area contributed by atoms with Crippen molar-refractivity contribution in [3.05, 3.63) is 59.7 Å². The first-order valence-electron chi connectivity index (χ1n) is 11.7. The van der Waals surface area contributed by atoms with E-state index in [-0.39, 0.29) is 50.2 Å². The van der Waals surface area contributed by atoms with Crippen molar-refractivity contribution in [1.29, 1.82) is 0 Å². The molecule has 0 radical (unpaired) electrons. The number of aliphatic carboxylic acids is 1. The maximum Gasteiger partial charge on any atom is 0.407 e. The van der Waals surface area contributed by atoms with Crippen LogP contribution in [0.1, 0.15) is 42.7 Å². The molecule has 0 aliphatic heterocycles. The fourth-order valence-electron chi connectivity index (χ4n) is 4.86. The molecule has 8 heteroatoms. The number of nitrogens with one attached hydrogen (secondary N) is 2. The second-order valence-corrected chi connectivity index (χ2v) is 8.76. The van der Waals surface area contributed by atoms with Crippen molar-refractivity contribution in [3.63, 3.8) is 0 Å². The zero-order valence-electron chi connectivity index (χ0n) is 19.0. The molecule has 8 nitrogen and oxygen atoms in total. The van der Waals surface area contributed by atoms with Gasteiger partial charge in [-0.15, -0.1) is 0 Å². The first-order valence-corrected chi connectivity index (χ1v) is 11.7.